The van der Waals surface area contributed by atoms with E-state index in [9.17, 15) is 9.59 Å². The molecule has 1 aromatic carbocycles. The van der Waals surface area contributed by atoms with Crippen molar-refractivity contribution in [2.45, 2.75) is 18.1 Å². The Balaban J connectivity index is 2.07. The van der Waals surface area contributed by atoms with Crippen molar-refractivity contribution >= 4 is 40.9 Å². The van der Waals surface area contributed by atoms with Crippen LogP contribution >= 0.6 is 23.4 Å². The molecule has 2 rings (SSSR count). The zero-order valence-corrected chi connectivity index (χ0v) is 11.1. The summed E-state index contributed by atoms with van der Waals surface area (Å²) in [4.78, 5) is 22.6. The van der Waals surface area contributed by atoms with Crippen molar-refractivity contribution in [3.05, 3.63) is 28.8 Å². The van der Waals surface area contributed by atoms with Gasteiger partial charge in [-0.05, 0) is 36.8 Å². The number of halogens is 1. The Morgan fingerprint density at radius 2 is 2.22 bits per heavy atom. The number of hydrogen-bond acceptors (Lipinski definition) is 3. The van der Waals surface area contributed by atoms with Crippen molar-refractivity contribution in [1.29, 1.82) is 0 Å². The van der Waals surface area contributed by atoms with Crippen molar-refractivity contribution in [2.24, 2.45) is 0 Å². The number of carboxylic acids is 1. The van der Waals surface area contributed by atoms with E-state index in [1.165, 1.54) is 12.1 Å². The van der Waals surface area contributed by atoms with Crippen LogP contribution in [0.3, 0.4) is 0 Å². The lowest BCUT2D eigenvalue weighted by Gasteiger charge is -2.10. The van der Waals surface area contributed by atoms with Crippen molar-refractivity contribution < 1.29 is 14.7 Å². The van der Waals surface area contributed by atoms with Crippen LogP contribution < -0.4 is 5.32 Å². The Hall–Kier alpha value is -1.20. The zero-order valence-electron chi connectivity index (χ0n) is 9.48. The molecular weight excluding hydrogens is 274 g/mol. The van der Waals surface area contributed by atoms with Crippen LogP contribution in [0.4, 0.5) is 5.69 Å². The molecule has 18 heavy (non-hydrogen) atoms. The molecule has 2 N–H and O–H groups in total. The van der Waals surface area contributed by atoms with Crippen molar-refractivity contribution in [2.75, 3.05) is 11.1 Å². The highest BCUT2D eigenvalue weighted by molar-refractivity contribution is 8.00. The molecule has 1 aliphatic heterocycles. The number of amides is 1. The number of nitrogens with one attached hydrogen (secondary N) is 1. The summed E-state index contributed by atoms with van der Waals surface area (Å²) >= 11 is 7.47. The van der Waals surface area contributed by atoms with E-state index in [0.717, 1.165) is 18.6 Å². The van der Waals surface area contributed by atoms with Crippen LogP contribution in [0.15, 0.2) is 18.2 Å². The lowest BCUT2D eigenvalue weighted by atomic mass is 10.2. The van der Waals surface area contributed by atoms with E-state index in [0.29, 0.717) is 5.69 Å². The largest absolute Gasteiger partial charge is 0.478 e. The van der Waals surface area contributed by atoms with Crippen LogP contribution in [0.2, 0.25) is 5.02 Å². The van der Waals surface area contributed by atoms with Gasteiger partial charge in [-0.2, -0.15) is 0 Å². The number of benzene rings is 1. The first-order chi connectivity index (χ1) is 8.58. The standard InChI is InChI=1S/C12H12ClNO3S/c13-9-6-7(3-4-8(9)12(16)17)14-11(15)10-2-1-5-18-10/h3-4,6,10H,1-2,5H2,(H,14,15)(H,16,17). The molecule has 0 aromatic heterocycles. The first kappa shape index (κ1) is 13.2. The van der Waals surface area contributed by atoms with E-state index in [4.69, 9.17) is 16.7 Å². The third-order valence-electron chi connectivity index (χ3n) is 2.69. The molecule has 4 nitrogen and oxygen atoms in total. The number of hydrogen-bond donors (Lipinski definition) is 2. The molecule has 0 spiro atoms. The predicted octanol–water partition coefficient (Wildman–Crippen LogP) is 2.87. The highest BCUT2D eigenvalue weighted by Crippen LogP contribution is 2.28. The minimum atomic E-state index is -1.08. The molecule has 0 aliphatic carbocycles. The molecule has 6 heteroatoms. The van der Waals surface area contributed by atoms with Crippen molar-refractivity contribution in [3.63, 3.8) is 0 Å². The second kappa shape index (κ2) is 5.63. The maximum Gasteiger partial charge on any atom is 0.337 e. The molecule has 96 valence electrons. The normalized spacial score (nSPS) is 18.6. The van der Waals surface area contributed by atoms with Gasteiger partial charge in [-0.15, -0.1) is 11.8 Å². The van der Waals surface area contributed by atoms with Crippen LogP contribution in [0.1, 0.15) is 23.2 Å². The first-order valence-corrected chi connectivity index (χ1v) is 6.96. The molecule has 0 bridgehead atoms. The van der Waals surface area contributed by atoms with E-state index in [1.54, 1.807) is 17.8 Å². The van der Waals surface area contributed by atoms with E-state index in [2.05, 4.69) is 5.32 Å². The topological polar surface area (TPSA) is 66.4 Å². The lowest BCUT2D eigenvalue weighted by Crippen LogP contribution is -2.22. The maximum absolute atomic E-state index is 11.9. The molecule has 1 heterocycles. The third kappa shape index (κ3) is 2.97. The fourth-order valence-corrected chi connectivity index (χ4v) is 3.20. The number of carbonyl (C=O) groups excluding carboxylic acids is 1. The Morgan fingerprint density at radius 3 is 2.78 bits per heavy atom. The van der Waals surface area contributed by atoms with Gasteiger partial charge in [0.1, 0.15) is 0 Å². The molecule has 0 saturated carbocycles. The molecule has 1 fully saturated rings. The molecule has 1 unspecified atom stereocenters. The first-order valence-electron chi connectivity index (χ1n) is 5.53. The third-order valence-corrected chi connectivity index (χ3v) is 4.38. The van der Waals surface area contributed by atoms with Gasteiger partial charge in [-0.3, -0.25) is 4.79 Å². The summed E-state index contributed by atoms with van der Waals surface area (Å²) in [6.07, 6.45) is 1.94. The predicted molar refractivity (Wildman–Crippen MR) is 72.5 cm³/mol. The number of thioether (sulfide) groups is 1. The van der Waals surface area contributed by atoms with Gasteiger partial charge in [-0.25, -0.2) is 4.79 Å². The van der Waals surface area contributed by atoms with Crippen LogP contribution in [-0.2, 0) is 4.79 Å². The Labute approximate surface area is 114 Å². The Morgan fingerprint density at radius 1 is 1.44 bits per heavy atom. The van der Waals surface area contributed by atoms with Gasteiger partial charge in [0.05, 0.1) is 15.8 Å². The van der Waals surface area contributed by atoms with Gasteiger partial charge < -0.3 is 10.4 Å². The van der Waals surface area contributed by atoms with Crippen molar-refractivity contribution in [3.8, 4) is 0 Å². The van der Waals surface area contributed by atoms with E-state index < -0.39 is 5.97 Å². The quantitative estimate of drug-likeness (QED) is 0.896. The van der Waals surface area contributed by atoms with Gasteiger partial charge >= 0.3 is 5.97 Å². The summed E-state index contributed by atoms with van der Waals surface area (Å²) in [6, 6.07) is 4.40. The summed E-state index contributed by atoms with van der Waals surface area (Å²) in [5.74, 6) is -0.113. The van der Waals surface area contributed by atoms with Gasteiger partial charge in [0.2, 0.25) is 5.91 Å². The number of carbonyl (C=O) groups is 2. The van der Waals surface area contributed by atoms with Gasteiger partial charge in [0.25, 0.3) is 0 Å². The minimum Gasteiger partial charge on any atom is -0.478 e. The molecule has 0 radical (unpaired) electrons. The summed E-state index contributed by atoms with van der Waals surface area (Å²) < 4.78 is 0. The highest BCUT2D eigenvalue weighted by Gasteiger charge is 2.23. The second-order valence-corrected chi connectivity index (χ2v) is 5.71. The van der Waals surface area contributed by atoms with Crippen LogP contribution in [-0.4, -0.2) is 28.0 Å². The van der Waals surface area contributed by atoms with Crippen molar-refractivity contribution in [1.82, 2.24) is 0 Å². The zero-order chi connectivity index (χ0) is 13.1. The van der Waals surface area contributed by atoms with Gasteiger partial charge in [0.15, 0.2) is 0 Å². The van der Waals surface area contributed by atoms with E-state index >= 15 is 0 Å². The fourth-order valence-electron chi connectivity index (χ4n) is 1.77. The average Bonchev–Trinajstić information content (AvgIpc) is 2.81. The fraction of sp³-hybridized carbons (Fsp3) is 0.333. The van der Waals surface area contributed by atoms with Crippen LogP contribution in [0.25, 0.3) is 0 Å². The number of rotatable bonds is 3. The average molecular weight is 286 g/mol. The second-order valence-electron chi connectivity index (χ2n) is 3.99. The summed E-state index contributed by atoms with van der Waals surface area (Å²) in [5.41, 5.74) is 0.562. The summed E-state index contributed by atoms with van der Waals surface area (Å²) in [6.45, 7) is 0. The highest BCUT2D eigenvalue weighted by atomic mass is 35.5. The van der Waals surface area contributed by atoms with E-state index in [1.807, 2.05) is 0 Å². The SMILES string of the molecule is O=C(O)c1ccc(NC(=O)C2CCCS2)cc1Cl. The van der Waals surface area contributed by atoms with E-state index in [-0.39, 0.29) is 21.7 Å². The maximum atomic E-state index is 11.9. The number of anilines is 1. The molecule has 1 aliphatic rings. The smallest absolute Gasteiger partial charge is 0.337 e. The Bertz CT molecular complexity index is 486. The van der Waals surface area contributed by atoms with Gasteiger partial charge in [-0.1, -0.05) is 11.6 Å². The number of carboxylic acid groups (broad SMARTS) is 1. The lowest BCUT2D eigenvalue weighted by molar-refractivity contribution is -0.115. The molecule has 1 atom stereocenters. The number of aromatic carboxylic acids is 1. The Kier molecular flexibility index (Phi) is 4.14. The van der Waals surface area contributed by atoms with Gasteiger partial charge in [0, 0.05) is 5.69 Å². The molecular formula is C12H12ClNO3S. The summed E-state index contributed by atoms with van der Waals surface area (Å²) in [7, 11) is 0. The monoisotopic (exact) mass is 285 g/mol. The molecule has 1 saturated heterocycles. The van der Waals surface area contributed by atoms with Crippen LogP contribution in [0.5, 0.6) is 0 Å². The van der Waals surface area contributed by atoms with Crippen LogP contribution in [0, 0.1) is 0 Å². The molecule has 1 aromatic rings. The molecule has 1 amide bonds. The summed E-state index contributed by atoms with van der Waals surface area (Å²) in [5, 5.41) is 11.7. The minimum absolute atomic E-state index is 0.0112.